The molecule has 0 saturated carbocycles. The molecule has 1 aliphatic carbocycles. The van der Waals surface area contributed by atoms with Gasteiger partial charge in [-0.15, -0.1) is 0 Å². The zero-order valence-corrected chi connectivity index (χ0v) is 33.7. The number of ether oxygens (including phenoxy) is 6. The number of methoxy groups -OCH3 is 2. The Balaban J connectivity index is 1.57. The van der Waals surface area contributed by atoms with E-state index in [4.69, 9.17) is 28.4 Å². The fourth-order valence-corrected chi connectivity index (χ4v) is 6.37. The molecule has 2 atom stereocenters. The van der Waals surface area contributed by atoms with Gasteiger partial charge in [-0.25, -0.2) is 9.59 Å². The van der Waals surface area contributed by atoms with E-state index in [-0.39, 0.29) is 23.9 Å². The normalized spacial score (nSPS) is 18.8. The Morgan fingerprint density at radius 2 is 1.70 bits per heavy atom. The number of amides is 3. The second kappa shape index (κ2) is 18.7. The third kappa shape index (κ3) is 12.0. The van der Waals surface area contributed by atoms with Crippen LogP contribution in [0, 0.1) is 5.92 Å². The number of hydrogen-bond acceptors (Lipinski definition) is 10. The Hall–Kier alpha value is -4.49. The van der Waals surface area contributed by atoms with Gasteiger partial charge in [0.1, 0.15) is 23.2 Å². The topological polar surface area (TPSA) is 128 Å². The monoisotopic (exact) mass is 752 g/mol. The van der Waals surface area contributed by atoms with Crippen molar-refractivity contribution in [2.75, 3.05) is 53.6 Å². The summed E-state index contributed by atoms with van der Waals surface area (Å²) in [4.78, 5) is 45.3. The maximum Gasteiger partial charge on any atom is 0.418 e. The molecule has 1 fully saturated rings. The molecular weight excluding hydrogens is 692 g/mol. The molecule has 1 aromatic rings. The Kier molecular flexibility index (Phi) is 14.6. The molecule has 0 unspecified atom stereocenters. The maximum atomic E-state index is 14.2. The lowest BCUT2D eigenvalue weighted by atomic mass is 9.95. The van der Waals surface area contributed by atoms with Gasteiger partial charge >= 0.3 is 12.2 Å². The molecule has 3 aliphatic rings. The SMILES string of the molecule is COCCCOc1cc(C(=O)N(C[C@@H]2CN(C(=O)OC(C)(C)C)C[C@H]2NCC2=C(C3=CN(C(=O)OC(C)(C)C)C=CO3)CCC=C2)C(C)C)ccc1OC. The summed E-state index contributed by atoms with van der Waals surface area (Å²) in [5.74, 6) is 1.35. The van der Waals surface area contributed by atoms with E-state index in [1.807, 2.05) is 60.3 Å². The summed E-state index contributed by atoms with van der Waals surface area (Å²) in [7, 11) is 3.21. The number of carbonyl (C=O) groups excluding carboxylic acids is 3. The molecule has 1 N–H and O–H groups in total. The van der Waals surface area contributed by atoms with Crippen molar-refractivity contribution in [2.45, 2.75) is 97.9 Å². The minimum absolute atomic E-state index is 0.112. The molecule has 2 aliphatic heterocycles. The maximum absolute atomic E-state index is 14.2. The molecule has 1 aromatic carbocycles. The number of nitrogens with zero attached hydrogens (tertiary/aromatic N) is 3. The molecule has 0 bridgehead atoms. The Bertz CT molecular complexity index is 1600. The van der Waals surface area contributed by atoms with E-state index in [1.54, 1.807) is 43.5 Å². The molecule has 0 radical (unpaired) electrons. The number of carbonyl (C=O) groups is 3. The molecule has 1 saturated heterocycles. The third-order valence-corrected chi connectivity index (χ3v) is 8.97. The van der Waals surface area contributed by atoms with Crippen LogP contribution in [-0.4, -0.2) is 110 Å². The van der Waals surface area contributed by atoms with Gasteiger partial charge in [-0.05, 0) is 92.0 Å². The van der Waals surface area contributed by atoms with E-state index in [2.05, 4.69) is 17.5 Å². The van der Waals surface area contributed by atoms with E-state index >= 15 is 0 Å². The number of likely N-dealkylation sites (tertiary alicyclic amines) is 1. The van der Waals surface area contributed by atoms with Crippen molar-refractivity contribution in [3.8, 4) is 11.5 Å². The van der Waals surface area contributed by atoms with E-state index < -0.39 is 23.4 Å². The van der Waals surface area contributed by atoms with E-state index in [9.17, 15) is 14.4 Å². The lowest BCUT2D eigenvalue weighted by Gasteiger charge is -2.32. The summed E-state index contributed by atoms with van der Waals surface area (Å²) >= 11 is 0. The van der Waals surface area contributed by atoms with E-state index in [0.29, 0.717) is 68.6 Å². The minimum Gasteiger partial charge on any atom is -0.493 e. The first kappa shape index (κ1) is 42.3. The summed E-state index contributed by atoms with van der Waals surface area (Å²) in [5, 5.41) is 3.71. The van der Waals surface area contributed by atoms with Crippen LogP contribution >= 0.6 is 0 Å². The van der Waals surface area contributed by atoms with Crippen molar-refractivity contribution in [3.63, 3.8) is 0 Å². The van der Waals surface area contributed by atoms with E-state index in [0.717, 1.165) is 24.0 Å². The van der Waals surface area contributed by atoms with E-state index in [1.165, 1.54) is 17.4 Å². The van der Waals surface area contributed by atoms with Crippen LogP contribution in [0.15, 0.2) is 65.9 Å². The average molecular weight is 753 g/mol. The van der Waals surface area contributed by atoms with Crippen LogP contribution in [0.25, 0.3) is 0 Å². The second-order valence-electron chi connectivity index (χ2n) is 16.0. The predicted octanol–water partition coefficient (Wildman–Crippen LogP) is 7.01. The molecule has 4 rings (SSSR count). The predicted molar refractivity (Wildman–Crippen MR) is 206 cm³/mol. The second-order valence-corrected chi connectivity index (χ2v) is 16.0. The van der Waals surface area contributed by atoms with Crippen LogP contribution < -0.4 is 14.8 Å². The quantitative estimate of drug-likeness (QED) is 0.198. The van der Waals surface area contributed by atoms with Gasteiger partial charge < -0.3 is 43.5 Å². The summed E-state index contributed by atoms with van der Waals surface area (Å²) in [5.41, 5.74) is 1.16. The molecular formula is C41H60N4O9. The molecule has 54 heavy (non-hydrogen) atoms. The highest BCUT2D eigenvalue weighted by Gasteiger charge is 2.39. The Labute approximate surface area is 320 Å². The van der Waals surface area contributed by atoms with Gasteiger partial charge in [0, 0.05) is 75.5 Å². The largest absolute Gasteiger partial charge is 0.493 e. The number of rotatable bonds is 14. The van der Waals surface area contributed by atoms with Gasteiger partial charge in [-0.3, -0.25) is 9.69 Å². The average Bonchev–Trinajstić information content (AvgIpc) is 3.52. The fourth-order valence-electron chi connectivity index (χ4n) is 6.37. The van der Waals surface area contributed by atoms with Crippen LogP contribution in [0.1, 0.15) is 85.0 Å². The standard InChI is InChI=1S/C41H60N4O9/c1-28(2)45(37(46)29-16-17-34(50-10)35(22-29)51-20-13-19-49-9)25-31-24-44(39(48)54-41(6,7)8)26-33(31)42-23-30-14-11-12-15-32(30)36-27-43(18-21-52-36)38(47)53-40(3,4)5/h11,14,16-18,21-22,27-28,31,33,42H,12-13,15,19-20,23-26H2,1-10H3/t31-,33+/m0/s1. The van der Waals surface area contributed by atoms with Crippen molar-refractivity contribution in [1.82, 2.24) is 20.0 Å². The highest BCUT2D eigenvalue weighted by Crippen LogP contribution is 2.32. The van der Waals surface area contributed by atoms with Crippen LogP contribution in [0.5, 0.6) is 11.5 Å². The smallest absolute Gasteiger partial charge is 0.418 e. The lowest BCUT2D eigenvalue weighted by molar-refractivity contribution is 0.0282. The fraction of sp³-hybridized carbons (Fsp3) is 0.585. The lowest BCUT2D eigenvalue weighted by Crippen LogP contribution is -2.46. The molecule has 0 spiro atoms. The van der Waals surface area contributed by atoms with Crippen molar-refractivity contribution in [2.24, 2.45) is 5.92 Å². The van der Waals surface area contributed by atoms with Gasteiger partial charge in [0.05, 0.1) is 26.1 Å². The zero-order chi connectivity index (χ0) is 39.6. The third-order valence-electron chi connectivity index (χ3n) is 8.97. The van der Waals surface area contributed by atoms with Crippen LogP contribution in [0.3, 0.4) is 0 Å². The van der Waals surface area contributed by atoms with Gasteiger partial charge in [-0.2, -0.15) is 0 Å². The van der Waals surface area contributed by atoms with Gasteiger partial charge in [-0.1, -0.05) is 12.2 Å². The molecule has 298 valence electrons. The summed E-state index contributed by atoms with van der Waals surface area (Å²) in [6.45, 7) is 17.7. The van der Waals surface area contributed by atoms with Gasteiger partial charge in [0.25, 0.3) is 5.91 Å². The highest BCUT2D eigenvalue weighted by molar-refractivity contribution is 5.95. The molecule has 2 heterocycles. The van der Waals surface area contributed by atoms with Crippen LogP contribution in [0.4, 0.5) is 9.59 Å². The van der Waals surface area contributed by atoms with Crippen molar-refractivity contribution in [3.05, 3.63) is 71.5 Å². The summed E-state index contributed by atoms with van der Waals surface area (Å²) in [6, 6.07) is 4.93. The Morgan fingerprint density at radius 1 is 0.981 bits per heavy atom. The number of benzene rings is 1. The highest BCUT2D eigenvalue weighted by atomic mass is 16.6. The number of nitrogens with one attached hydrogen (secondary N) is 1. The van der Waals surface area contributed by atoms with Crippen LogP contribution in [0.2, 0.25) is 0 Å². The molecule has 13 nitrogen and oxygen atoms in total. The molecule has 13 heteroatoms. The number of hydrogen-bond donors (Lipinski definition) is 1. The van der Waals surface area contributed by atoms with Gasteiger partial charge in [0.2, 0.25) is 0 Å². The van der Waals surface area contributed by atoms with Crippen molar-refractivity contribution >= 4 is 18.1 Å². The first-order chi connectivity index (χ1) is 25.5. The number of allylic oxidation sites excluding steroid dienone is 2. The minimum atomic E-state index is -0.655. The van der Waals surface area contributed by atoms with Crippen molar-refractivity contribution in [1.29, 1.82) is 0 Å². The molecule has 0 aromatic heterocycles. The Morgan fingerprint density at radius 3 is 2.37 bits per heavy atom. The first-order valence-electron chi connectivity index (χ1n) is 18.8. The molecule has 3 amide bonds. The summed E-state index contributed by atoms with van der Waals surface area (Å²) < 4.78 is 33.9. The van der Waals surface area contributed by atoms with Crippen molar-refractivity contribution < 1.29 is 42.8 Å². The van der Waals surface area contributed by atoms with Crippen LogP contribution in [-0.2, 0) is 18.9 Å². The van der Waals surface area contributed by atoms with Gasteiger partial charge in [0.15, 0.2) is 11.5 Å². The summed E-state index contributed by atoms with van der Waals surface area (Å²) in [6.07, 6.45) is 10.2. The zero-order valence-electron chi connectivity index (χ0n) is 33.7. The first-order valence-corrected chi connectivity index (χ1v) is 18.8.